The second kappa shape index (κ2) is 8.19. The maximum absolute atomic E-state index is 12.4. The summed E-state index contributed by atoms with van der Waals surface area (Å²) in [6.45, 7) is 3.84. The van der Waals surface area contributed by atoms with Crippen molar-refractivity contribution in [1.29, 1.82) is 0 Å². The van der Waals surface area contributed by atoms with E-state index in [1.807, 2.05) is 40.8 Å². The van der Waals surface area contributed by atoms with Crippen LogP contribution >= 0.6 is 11.8 Å². The number of aromatic nitrogens is 3. The normalized spacial score (nSPS) is 13.9. The summed E-state index contributed by atoms with van der Waals surface area (Å²) in [6.07, 6.45) is 2.23. The van der Waals surface area contributed by atoms with E-state index in [0.29, 0.717) is 0 Å². The zero-order valence-corrected chi connectivity index (χ0v) is 17.1. The lowest BCUT2D eigenvalue weighted by atomic mass is 10.1. The monoisotopic (exact) mass is 392 g/mol. The number of thioether (sulfide) groups is 1. The Bertz CT molecular complexity index is 957. The van der Waals surface area contributed by atoms with Crippen LogP contribution in [0.5, 0.6) is 0 Å². The minimum Gasteiger partial charge on any atom is -0.339 e. The van der Waals surface area contributed by atoms with Crippen molar-refractivity contribution >= 4 is 17.7 Å². The van der Waals surface area contributed by atoms with Crippen molar-refractivity contribution < 1.29 is 4.79 Å². The SMILES string of the molecule is Cc1ccc(-c2nnc(SCc3ccc(C(=O)N4CCCC4)cc3)n2C)cc1. The predicted molar refractivity (Wildman–Crippen MR) is 112 cm³/mol. The van der Waals surface area contributed by atoms with E-state index in [1.54, 1.807) is 11.8 Å². The molecule has 5 nitrogen and oxygen atoms in total. The number of likely N-dealkylation sites (tertiary alicyclic amines) is 1. The predicted octanol–water partition coefficient (Wildman–Crippen LogP) is 4.32. The smallest absolute Gasteiger partial charge is 0.253 e. The van der Waals surface area contributed by atoms with Crippen LogP contribution in [0.2, 0.25) is 0 Å². The molecule has 1 amide bonds. The van der Waals surface area contributed by atoms with E-state index < -0.39 is 0 Å². The highest BCUT2D eigenvalue weighted by molar-refractivity contribution is 7.98. The van der Waals surface area contributed by atoms with Gasteiger partial charge in [0.1, 0.15) is 0 Å². The summed E-state index contributed by atoms with van der Waals surface area (Å²) in [4.78, 5) is 14.4. The first-order valence-corrected chi connectivity index (χ1v) is 10.6. The van der Waals surface area contributed by atoms with Crippen LogP contribution in [0.1, 0.15) is 34.3 Å². The molecule has 144 valence electrons. The molecule has 0 atom stereocenters. The largest absolute Gasteiger partial charge is 0.339 e. The number of amides is 1. The van der Waals surface area contributed by atoms with Crippen LogP contribution in [0.25, 0.3) is 11.4 Å². The van der Waals surface area contributed by atoms with E-state index in [0.717, 1.165) is 53.8 Å². The van der Waals surface area contributed by atoms with Gasteiger partial charge in [-0.1, -0.05) is 53.7 Å². The Morgan fingerprint density at radius 2 is 1.68 bits per heavy atom. The van der Waals surface area contributed by atoms with Crippen LogP contribution in [0, 0.1) is 6.92 Å². The molecule has 0 bridgehead atoms. The van der Waals surface area contributed by atoms with Crippen molar-refractivity contribution in [3.05, 3.63) is 65.2 Å². The molecule has 0 spiro atoms. The number of carbonyl (C=O) groups excluding carboxylic acids is 1. The van der Waals surface area contributed by atoms with E-state index in [-0.39, 0.29) is 5.91 Å². The standard InChI is InChI=1S/C22H24N4OS/c1-16-5-9-18(10-6-16)20-23-24-22(25(20)2)28-15-17-7-11-19(12-8-17)21(27)26-13-3-4-14-26/h5-12H,3-4,13-15H2,1-2H3. The molecule has 1 aliphatic rings. The van der Waals surface area contributed by atoms with Crippen LogP contribution < -0.4 is 0 Å². The van der Waals surface area contributed by atoms with Crippen LogP contribution in [-0.2, 0) is 12.8 Å². The fourth-order valence-electron chi connectivity index (χ4n) is 3.39. The van der Waals surface area contributed by atoms with Crippen LogP contribution in [0.3, 0.4) is 0 Å². The first-order chi connectivity index (χ1) is 13.6. The number of benzene rings is 2. The van der Waals surface area contributed by atoms with Gasteiger partial charge in [0.2, 0.25) is 0 Å². The highest BCUT2D eigenvalue weighted by Gasteiger charge is 2.19. The van der Waals surface area contributed by atoms with Gasteiger partial charge < -0.3 is 9.47 Å². The Morgan fingerprint density at radius 1 is 1.00 bits per heavy atom. The summed E-state index contributed by atoms with van der Waals surface area (Å²) in [5, 5.41) is 9.58. The van der Waals surface area contributed by atoms with Gasteiger partial charge in [-0.25, -0.2) is 0 Å². The van der Waals surface area contributed by atoms with Gasteiger partial charge >= 0.3 is 0 Å². The van der Waals surface area contributed by atoms with Gasteiger partial charge in [0.05, 0.1) is 0 Å². The molecule has 28 heavy (non-hydrogen) atoms. The van der Waals surface area contributed by atoms with Gasteiger partial charge in [-0.15, -0.1) is 10.2 Å². The molecule has 6 heteroatoms. The molecule has 0 N–H and O–H groups in total. The molecular weight excluding hydrogens is 368 g/mol. The van der Waals surface area contributed by atoms with Crippen molar-refractivity contribution in [1.82, 2.24) is 19.7 Å². The number of carbonyl (C=O) groups is 1. The summed E-state index contributed by atoms with van der Waals surface area (Å²) in [5.74, 6) is 1.81. The minimum absolute atomic E-state index is 0.146. The fourth-order valence-corrected chi connectivity index (χ4v) is 4.26. The van der Waals surface area contributed by atoms with Crippen molar-refractivity contribution in [3.63, 3.8) is 0 Å². The summed E-state index contributed by atoms with van der Waals surface area (Å²) < 4.78 is 2.03. The quantitative estimate of drug-likeness (QED) is 0.607. The highest BCUT2D eigenvalue weighted by Crippen LogP contribution is 2.25. The van der Waals surface area contributed by atoms with E-state index in [1.165, 1.54) is 11.1 Å². The zero-order valence-electron chi connectivity index (χ0n) is 16.3. The average molecular weight is 393 g/mol. The lowest BCUT2D eigenvalue weighted by molar-refractivity contribution is 0.0793. The third-order valence-electron chi connectivity index (χ3n) is 5.11. The van der Waals surface area contributed by atoms with E-state index in [4.69, 9.17) is 0 Å². The number of hydrogen-bond acceptors (Lipinski definition) is 4. The van der Waals surface area contributed by atoms with E-state index >= 15 is 0 Å². The Hall–Kier alpha value is -2.60. The molecule has 4 rings (SSSR count). The van der Waals surface area contributed by atoms with E-state index in [2.05, 4.69) is 41.4 Å². The zero-order chi connectivity index (χ0) is 19.5. The molecule has 2 heterocycles. The van der Waals surface area contributed by atoms with Gasteiger partial charge in [-0.3, -0.25) is 4.79 Å². The van der Waals surface area contributed by atoms with Gasteiger partial charge in [0, 0.05) is 37.0 Å². The second-order valence-corrected chi connectivity index (χ2v) is 8.16. The maximum atomic E-state index is 12.4. The molecule has 1 aromatic heterocycles. The van der Waals surface area contributed by atoms with Gasteiger partial charge in [0.25, 0.3) is 5.91 Å². The van der Waals surface area contributed by atoms with Gasteiger partial charge in [0.15, 0.2) is 11.0 Å². The summed E-state index contributed by atoms with van der Waals surface area (Å²) >= 11 is 1.65. The average Bonchev–Trinajstić information content (AvgIpc) is 3.37. The summed E-state index contributed by atoms with van der Waals surface area (Å²) in [6, 6.07) is 16.3. The third kappa shape index (κ3) is 3.97. The molecule has 2 aromatic carbocycles. The first-order valence-electron chi connectivity index (χ1n) is 9.59. The van der Waals surface area contributed by atoms with Crippen molar-refractivity contribution in [2.75, 3.05) is 13.1 Å². The number of hydrogen-bond donors (Lipinski definition) is 0. The van der Waals surface area contributed by atoms with Crippen LogP contribution in [-0.4, -0.2) is 38.7 Å². The van der Waals surface area contributed by atoms with Crippen molar-refractivity contribution in [2.24, 2.45) is 7.05 Å². The molecular formula is C22H24N4OS. The number of nitrogens with zero attached hydrogens (tertiary/aromatic N) is 4. The number of aryl methyl sites for hydroxylation is 1. The fraction of sp³-hybridized carbons (Fsp3) is 0.318. The first kappa shape index (κ1) is 18.7. The summed E-state index contributed by atoms with van der Waals surface area (Å²) in [7, 11) is 2.00. The molecule has 1 aliphatic heterocycles. The lowest BCUT2D eigenvalue weighted by Crippen LogP contribution is -2.27. The third-order valence-corrected chi connectivity index (χ3v) is 6.20. The molecule has 3 aromatic rings. The second-order valence-electron chi connectivity index (χ2n) is 7.22. The minimum atomic E-state index is 0.146. The Kier molecular flexibility index (Phi) is 5.48. The maximum Gasteiger partial charge on any atom is 0.253 e. The molecule has 1 fully saturated rings. The van der Waals surface area contributed by atoms with Crippen LogP contribution in [0.15, 0.2) is 53.7 Å². The van der Waals surface area contributed by atoms with Crippen molar-refractivity contribution in [3.8, 4) is 11.4 Å². The number of rotatable bonds is 5. The molecule has 0 unspecified atom stereocenters. The topological polar surface area (TPSA) is 51.0 Å². The molecule has 0 saturated carbocycles. The Labute approximate surface area is 169 Å². The molecule has 0 aliphatic carbocycles. The van der Waals surface area contributed by atoms with E-state index in [9.17, 15) is 4.79 Å². The highest BCUT2D eigenvalue weighted by atomic mass is 32.2. The lowest BCUT2D eigenvalue weighted by Gasteiger charge is -2.15. The Balaban J connectivity index is 1.40. The molecule has 0 radical (unpaired) electrons. The summed E-state index contributed by atoms with van der Waals surface area (Å²) in [5.41, 5.74) is 4.24. The van der Waals surface area contributed by atoms with Crippen molar-refractivity contribution in [2.45, 2.75) is 30.7 Å². The molecule has 1 saturated heterocycles. The Morgan fingerprint density at radius 3 is 2.36 bits per heavy atom. The van der Waals surface area contributed by atoms with Crippen LogP contribution in [0.4, 0.5) is 0 Å². The van der Waals surface area contributed by atoms with Gasteiger partial charge in [-0.05, 0) is 37.5 Å². The van der Waals surface area contributed by atoms with Gasteiger partial charge in [-0.2, -0.15) is 0 Å².